The van der Waals surface area contributed by atoms with E-state index in [0.29, 0.717) is 11.6 Å². The summed E-state index contributed by atoms with van der Waals surface area (Å²) in [4.78, 5) is 23.5. The molecule has 5 nitrogen and oxygen atoms in total. The standard InChI is InChI=1S/C20H20N2O3/c23-20(16-6-2-1-3-7-16)18-14-15(10-12-19(18)22(24)25)9-11-17-8-4-5-13-21-17/h1-3,6-7,9-12,14,17,21H,4-5,8,13H2. The number of nitrogens with zero attached hydrogens (tertiary/aromatic N) is 1. The summed E-state index contributed by atoms with van der Waals surface area (Å²) in [7, 11) is 0. The maximum atomic E-state index is 12.7. The van der Waals surface area contributed by atoms with Gasteiger partial charge in [-0.2, -0.15) is 0 Å². The monoisotopic (exact) mass is 336 g/mol. The van der Waals surface area contributed by atoms with E-state index in [1.54, 1.807) is 36.4 Å². The Morgan fingerprint density at radius 3 is 2.64 bits per heavy atom. The third-order valence-corrected chi connectivity index (χ3v) is 4.37. The zero-order chi connectivity index (χ0) is 17.6. The first kappa shape index (κ1) is 17.0. The van der Waals surface area contributed by atoms with Crippen LogP contribution in [0.2, 0.25) is 0 Å². The second kappa shape index (κ2) is 7.85. The van der Waals surface area contributed by atoms with Crippen molar-refractivity contribution in [3.05, 3.63) is 81.4 Å². The summed E-state index contributed by atoms with van der Waals surface area (Å²) in [5.74, 6) is -0.335. The summed E-state index contributed by atoms with van der Waals surface area (Å²) in [6, 6.07) is 13.6. The minimum absolute atomic E-state index is 0.120. The van der Waals surface area contributed by atoms with Crippen LogP contribution in [0.4, 0.5) is 5.69 Å². The van der Waals surface area contributed by atoms with Crippen molar-refractivity contribution >= 4 is 17.5 Å². The average Bonchev–Trinajstić information content (AvgIpc) is 2.67. The Balaban J connectivity index is 1.90. The van der Waals surface area contributed by atoms with E-state index in [1.165, 1.54) is 18.9 Å². The van der Waals surface area contributed by atoms with Crippen LogP contribution in [0.25, 0.3) is 6.08 Å². The molecule has 1 aliphatic heterocycles. The van der Waals surface area contributed by atoms with Gasteiger partial charge < -0.3 is 5.32 Å². The Kier molecular flexibility index (Phi) is 5.36. The van der Waals surface area contributed by atoms with Crippen LogP contribution in [0.5, 0.6) is 0 Å². The molecular weight excluding hydrogens is 316 g/mol. The van der Waals surface area contributed by atoms with Crippen LogP contribution in [0.1, 0.15) is 40.7 Å². The van der Waals surface area contributed by atoms with E-state index in [4.69, 9.17) is 0 Å². The zero-order valence-electron chi connectivity index (χ0n) is 13.9. The van der Waals surface area contributed by atoms with Crippen molar-refractivity contribution in [1.29, 1.82) is 0 Å². The molecule has 2 aromatic rings. The number of piperidine rings is 1. The Bertz CT molecular complexity index is 794. The molecule has 3 rings (SSSR count). The number of nitro groups is 1. The Labute approximate surface area is 146 Å². The van der Waals surface area contributed by atoms with Crippen molar-refractivity contribution in [3.8, 4) is 0 Å². The summed E-state index contributed by atoms with van der Waals surface area (Å²) in [6.07, 6.45) is 7.46. The summed E-state index contributed by atoms with van der Waals surface area (Å²) in [6.45, 7) is 1.01. The first-order chi connectivity index (χ1) is 12.1. The van der Waals surface area contributed by atoms with E-state index in [2.05, 4.69) is 11.4 Å². The number of benzene rings is 2. The molecule has 0 spiro atoms. The number of hydrogen-bond donors (Lipinski definition) is 1. The van der Waals surface area contributed by atoms with Gasteiger partial charge in [-0.05, 0) is 37.1 Å². The van der Waals surface area contributed by atoms with Gasteiger partial charge in [-0.15, -0.1) is 0 Å². The fourth-order valence-electron chi connectivity index (χ4n) is 3.01. The lowest BCUT2D eigenvalue weighted by Gasteiger charge is -2.20. The van der Waals surface area contributed by atoms with Gasteiger partial charge in [0, 0.05) is 17.7 Å². The van der Waals surface area contributed by atoms with Gasteiger partial charge in [-0.3, -0.25) is 14.9 Å². The number of nitro benzene ring substituents is 1. The Morgan fingerprint density at radius 2 is 1.96 bits per heavy atom. The van der Waals surface area contributed by atoms with E-state index in [0.717, 1.165) is 18.5 Å². The van der Waals surface area contributed by atoms with Crippen LogP contribution in [0.15, 0.2) is 54.6 Å². The third-order valence-electron chi connectivity index (χ3n) is 4.37. The lowest BCUT2D eigenvalue weighted by atomic mass is 9.98. The van der Waals surface area contributed by atoms with Gasteiger partial charge in [0.2, 0.25) is 0 Å². The van der Waals surface area contributed by atoms with Crippen molar-refractivity contribution in [1.82, 2.24) is 5.32 Å². The predicted molar refractivity (Wildman–Crippen MR) is 97.6 cm³/mol. The molecule has 1 unspecified atom stereocenters. The fraction of sp³-hybridized carbons (Fsp3) is 0.250. The fourth-order valence-corrected chi connectivity index (χ4v) is 3.01. The normalized spacial score (nSPS) is 17.5. The molecule has 1 N–H and O–H groups in total. The summed E-state index contributed by atoms with van der Waals surface area (Å²) < 4.78 is 0. The summed E-state index contributed by atoms with van der Waals surface area (Å²) in [5.41, 5.74) is 1.19. The highest BCUT2D eigenvalue weighted by molar-refractivity contribution is 6.11. The van der Waals surface area contributed by atoms with Crippen LogP contribution in [0.3, 0.4) is 0 Å². The Hall–Kier alpha value is -2.79. The molecule has 1 aliphatic rings. The molecule has 0 saturated carbocycles. The molecule has 0 aromatic heterocycles. The topological polar surface area (TPSA) is 72.2 Å². The molecule has 1 saturated heterocycles. The zero-order valence-corrected chi connectivity index (χ0v) is 13.9. The number of hydrogen-bond acceptors (Lipinski definition) is 4. The molecular formula is C20H20N2O3. The van der Waals surface area contributed by atoms with Crippen LogP contribution in [0, 0.1) is 10.1 Å². The van der Waals surface area contributed by atoms with Gasteiger partial charge in [-0.25, -0.2) is 0 Å². The SMILES string of the molecule is O=C(c1ccccc1)c1cc(C=CC2CCCCN2)ccc1[N+](=O)[O-]. The molecule has 0 amide bonds. The first-order valence-electron chi connectivity index (χ1n) is 8.45. The van der Waals surface area contributed by atoms with E-state index < -0.39 is 4.92 Å². The second-order valence-corrected chi connectivity index (χ2v) is 6.14. The van der Waals surface area contributed by atoms with Crippen LogP contribution in [-0.2, 0) is 0 Å². The van der Waals surface area contributed by atoms with Crippen molar-refractivity contribution in [2.75, 3.05) is 6.54 Å². The van der Waals surface area contributed by atoms with Gasteiger partial charge in [0.05, 0.1) is 4.92 Å². The summed E-state index contributed by atoms with van der Waals surface area (Å²) in [5, 5.41) is 14.7. The molecule has 2 aromatic carbocycles. The van der Waals surface area contributed by atoms with Gasteiger partial charge >= 0.3 is 0 Å². The third kappa shape index (κ3) is 4.19. The lowest BCUT2D eigenvalue weighted by Crippen LogP contribution is -2.31. The van der Waals surface area contributed by atoms with Crippen LogP contribution in [-0.4, -0.2) is 23.3 Å². The number of ketones is 1. The molecule has 5 heteroatoms. The predicted octanol–water partition coefficient (Wildman–Crippen LogP) is 3.98. The quantitative estimate of drug-likeness (QED) is 0.509. The molecule has 1 heterocycles. The van der Waals surface area contributed by atoms with Gasteiger partial charge in [0.1, 0.15) is 5.56 Å². The Morgan fingerprint density at radius 1 is 1.16 bits per heavy atom. The van der Waals surface area contributed by atoms with E-state index >= 15 is 0 Å². The molecule has 0 radical (unpaired) electrons. The van der Waals surface area contributed by atoms with E-state index in [-0.39, 0.29) is 17.0 Å². The first-order valence-corrected chi connectivity index (χ1v) is 8.45. The van der Waals surface area contributed by atoms with Gasteiger partial charge in [0.15, 0.2) is 5.78 Å². The molecule has 0 aliphatic carbocycles. The number of carbonyl (C=O) groups is 1. The molecule has 128 valence electrons. The summed E-state index contributed by atoms with van der Waals surface area (Å²) >= 11 is 0. The van der Waals surface area contributed by atoms with Crippen molar-refractivity contribution in [3.63, 3.8) is 0 Å². The molecule has 0 bridgehead atoms. The highest BCUT2D eigenvalue weighted by Crippen LogP contribution is 2.24. The lowest BCUT2D eigenvalue weighted by molar-refractivity contribution is -0.385. The maximum absolute atomic E-state index is 12.7. The average molecular weight is 336 g/mol. The van der Waals surface area contributed by atoms with Crippen LogP contribution < -0.4 is 5.32 Å². The van der Waals surface area contributed by atoms with Crippen molar-refractivity contribution < 1.29 is 9.72 Å². The molecule has 1 fully saturated rings. The van der Waals surface area contributed by atoms with Gasteiger partial charge in [0.25, 0.3) is 5.69 Å². The highest BCUT2D eigenvalue weighted by Gasteiger charge is 2.21. The van der Waals surface area contributed by atoms with Crippen molar-refractivity contribution in [2.45, 2.75) is 25.3 Å². The minimum atomic E-state index is -0.508. The van der Waals surface area contributed by atoms with Crippen LogP contribution >= 0.6 is 0 Å². The van der Waals surface area contributed by atoms with Gasteiger partial charge in [-0.1, -0.05) is 48.9 Å². The number of nitrogens with one attached hydrogen (secondary N) is 1. The highest BCUT2D eigenvalue weighted by atomic mass is 16.6. The van der Waals surface area contributed by atoms with E-state index in [1.807, 2.05) is 12.1 Å². The molecule has 25 heavy (non-hydrogen) atoms. The van der Waals surface area contributed by atoms with E-state index in [9.17, 15) is 14.9 Å². The number of carbonyl (C=O) groups excluding carboxylic acids is 1. The minimum Gasteiger partial charge on any atom is -0.311 e. The number of rotatable bonds is 5. The smallest absolute Gasteiger partial charge is 0.280 e. The van der Waals surface area contributed by atoms with Crippen molar-refractivity contribution in [2.24, 2.45) is 0 Å². The maximum Gasteiger partial charge on any atom is 0.280 e. The second-order valence-electron chi connectivity index (χ2n) is 6.14. The largest absolute Gasteiger partial charge is 0.311 e. The molecule has 1 atom stereocenters.